The van der Waals surface area contributed by atoms with Crippen molar-refractivity contribution in [1.29, 1.82) is 0 Å². The van der Waals surface area contributed by atoms with Gasteiger partial charge in [-0.2, -0.15) is 0 Å². The highest BCUT2D eigenvalue weighted by Gasteiger charge is 2.12. The Morgan fingerprint density at radius 2 is 1.50 bits per heavy atom. The molecule has 1 rings (SSSR count). The van der Waals surface area contributed by atoms with Crippen molar-refractivity contribution in [2.24, 2.45) is 0 Å². The van der Waals surface area contributed by atoms with Crippen molar-refractivity contribution < 1.29 is 4.74 Å². The van der Waals surface area contributed by atoms with Gasteiger partial charge in [0.25, 0.3) is 0 Å². The molecule has 0 amide bonds. The summed E-state index contributed by atoms with van der Waals surface area (Å²) in [4.78, 5) is 0. The molecule has 0 unspecified atom stereocenters. The van der Waals surface area contributed by atoms with E-state index in [-0.39, 0.29) is 0 Å². The maximum absolute atomic E-state index is 5.42. The highest BCUT2D eigenvalue weighted by Crippen LogP contribution is 2.00. The van der Waals surface area contributed by atoms with Gasteiger partial charge in [-0.1, -0.05) is 13.8 Å². The Bertz CT molecular complexity index is 67.7. The molecule has 2 heteroatoms. The van der Waals surface area contributed by atoms with Gasteiger partial charge in [0, 0.05) is 13.1 Å². The van der Waals surface area contributed by atoms with Crippen LogP contribution in [0.15, 0.2) is 0 Å². The summed E-state index contributed by atoms with van der Waals surface area (Å²) in [6.45, 7) is 10.2. The van der Waals surface area contributed by atoms with Crippen LogP contribution < -0.4 is 5.32 Å². The Morgan fingerprint density at radius 1 is 1.10 bits per heavy atom. The van der Waals surface area contributed by atoms with Crippen LogP contribution in [0, 0.1) is 0 Å². The summed E-state index contributed by atoms with van der Waals surface area (Å²) in [6, 6.07) is 0. The number of nitrogens with one attached hydrogen (secondary N) is 1. The fourth-order valence-electron chi connectivity index (χ4n) is 0.983. The van der Waals surface area contributed by atoms with Crippen LogP contribution in [-0.4, -0.2) is 25.3 Å². The predicted molar refractivity (Wildman–Crippen MR) is 44.2 cm³/mol. The summed E-state index contributed by atoms with van der Waals surface area (Å²) >= 11 is 0. The minimum Gasteiger partial charge on any atom is -0.373 e. The van der Waals surface area contributed by atoms with E-state index in [2.05, 4.69) is 19.2 Å². The second kappa shape index (κ2) is 5.69. The Balaban J connectivity index is 0.000000371. The third kappa shape index (κ3) is 3.85. The minimum atomic E-state index is 0.402. The molecular weight excluding hydrogens is 126 g/mol. The normalized spacial score (nSPS) is 32.4. The molecule has 0 aromatic rings. The lowest BCUT2D eigenvalue weighted by Gasteiger charge is -2.25. The second-order valence-electron chi connectivity index (χ2n) is 2.42. The molecule has 1 heterocycles. The van der Waals surface area contributed by atoms with Gasteiger partial charge in [-0.05, 0) is 13.8 Å². The number of hydrogen-bond donors (Lipinski definition) is 1. The number of hydrogen-bond acceptors (Lipinski definition) is 2. The lowest BCUT2D eigenvalue weighted by Crippen LogP contribution is -2.41. The SMILES string of the molecule is CC.C[C@@H]1CNC[C@H](C)O1. The van der Waals surface area contributed by atoms with E-state index in [1.807, 2.05) is 13.8 Å². The van der Waals surface area contributed by atoms with E-state index in [1.165, 1.54) is 0 Å². The van der Waals surface area contributed by atoms with Gasteiger partial charge in [-0.25, -0.2) is 0 Å². The van der Waals surface area contributed by atoms with E-state index in [1.54, 1.807) is 0 Å². The van der Waals surface area contributed by atoms with Gasteiger partial charge in [0.2, 0.25) is 0 Å². The van der Waals surface area contributed by atoms with Crippen LogP contribution in [0.2, 0.25) is 0 Å². The molecule has 0 saturated carbocycles. The van der Waals surface area contributed by atoms with Crippen LogP contribution in [-0.2, 0) is 4.74 Å². The Labute approximate surface area is 64.0 Å². The molecule has 2 nitrogen and oxygen atoms in total. The van der Waals surface area contributed by atoms with Crippen LogP contribution >= 0.6 is 0 Å². The third-order valence-electron chi connectivity index (χ3n) is 1.33. The van der Waals surface area contributed by atoms with Crippen molar-refractivity contribution in [3.8, 4) is 0 Å². The molecule has 1 N–H and O–H groups in total. The molecule has 1 saturated heterocycles. The fraction of sp³-hybridized carbons (Fsp3) is 1.00. The lowest BCUT2D eigenvalue weighted by molar-refractivity contribution is -0.0166. The molecule has 0 aromatic carbocycles. The van der Waals surface area contributed by atoms with Crippen LogP contribution in [0.3, 0.4) is 0 Å². The van der Waals surface area contributed by atoms with Gasteiger partial charge in [0.05, 0.1) is 12.2 Å². The summed E-state index contributed by atoms with van der Waals surface area (Å²) in [5, 5.41) is 3.26. The third-order valence-corrected chi connectivity index (χ3v) is 1.33. The molecule has 0 aromatic heterocycles. The summed E-state index contributed by atoms with van der Waals surface area (Å²) in [5.74, 6) is 0. The average Bonchev–Trinajstić information content (AvgIpc) is 1.91. The molecular formula is C8H19NO. The van der Waals surface area contributed by atoms with Crippen molar-refractivity contribution in [3.63, 3.8) is 0 Å². The second-order valence-corrected chi connectivity index (χ2v) is 2.42. The van der Waals surface area contributed by atoms with Gasteiger partial charge >= 0.3 is 0 Å². The van der Waals surface area contributed by atoms with Crippen LogP contribution in [0.5, 0.6) is 0 Å². The summed E-state index contributed by atoms with van der Waals surface area (Å²) < 4.78 is 5.42. The van der Waals surface area contributed by atoms with E-state index in [4.69, 9.17) is 4.74 Å². The molecule has 2 atom stereocenters. The Kier molecular flexibility index (Phi) is 5.64. The minimum absolute atomic E-state index is 0.402. The average molecular weight is 145 g/mol. The number of rotatable bonds is 0. The first kappa shape index (κ1) is 9.92. The zero-order valence-electron chi connectivity index (χ0n) is 7.48. The molecule has 0 radical (unpaired) electrons. The van der Waals surface area contributed by atoms with Crippen LogP contribution in [0.1, 0.15) is 27.7 Å². The van der Waals surface area contributed by atoms with E-state index < -0.39 is 0 Å². The first-order chi connectivity index (χ1) is 4.79. The van der Waals surface area contributed by atoms with E-state index in [9.17, 15) is 0 Å². The van der Waals surface area contributed by atoms with Crippen LogP contribution in [0.25, 0.3) is 0 Å². The van der Waals surface area contributed by atoms with Gasteiger partial charge in [0.15, 0.2) is 0 Å². The van der Waals surface area contributed by atoms with Gasteiger partial charge < -0.3 is 10.1 Å². The molecule has 62 valence electrons. The summed E-state index contributed by atoms with van der Waals surface area (Å²) in [6.07, 6.45) is 0.803. The molecule has 0 aliphatic carbocycles. The predicted octanol–water partition coefficient (Wildman–Crippen LogP) is 1.41. The first-order valence-corrected chi connectivity index (χ1v) is 4.15. The molecule has 1 aliphatic rings. The number of ether oxygens (including phenoxy) is 1. The highest BCUT2D eigenvalue weighted by atomic mass is 16.5. The van der Waals surface area contributed by atoms with Crippen molar-refractivity contribution in [2.45, 2.75) is 39.9 Å². The topological polar surface area (TPSA) is 21.3 Å². The Hall–Kier alpha value is -0.0800. The van der Waals surface area contributed by atoms with E-state index >= 15 is 0 Å². The molecule has 0 spiro atoms. The largest absolute Gasteiger partial charge is 0.373 e. The van der Waals surface area contributed by atoms with Crippen molar-refractivity contribution >= 4 is 0 Å². The lowest BCUT2D eigenvalue weighted by atomic mass is 10.3. The van der Waals surface area contributed by atoms with E-state index in [0.29, 0.717) is 12.2 Å². The van der Waals surface area contributed by atoms with Crippen molar-refractivity contribution in [2.75, 3.05) is 13.1 Å². The summed E-state index contributed by atoms with van der Waals surface area (Å²) in [5.41, 5.74) is 0. The highest BCUT2D eigenvalue weighted by molar-refractivity contribution is 4.66. The smallest absolute Gasteiger partial charge is 0.0675 e. The molecule has 1 aliphatic heterocycles. The first-order valence-electron chi connectivity index (χ1n) is 4.15. The maximum Gasteiger partial charge on any atom is 0.0675 e. The molecule has 10 heavy (non-hydrogen) atoms. The van der Waals surface area contributed by atoms with Crippen molar-refractivity contribution in [3.05, 3.63) is 0 Å². The molecule has 0 bridgehead atoms. The zero-order chi connectivity index (χ0) is 7.98. The zero-order valence-corrected chi connectivity index (χ0v) is 7.48. The van der Waals surface area contributed by atoms with Gasteiger partial charge in [0.1, 0.15) is 0 Å². The number of morpholine rings is 1. The van der Waals surface area contributed by atoms with E-state index in [0.717, 1.165) is 13.1 Å². The quantitative estimate of drug-likeness (QED) is 0.556. The van der Waals surface area contributed by atoms with Crippen LogP contribution in [0.4, 0.5) is 0 Å². The summed E-state index contributed by atoms with van der Waals surface area (Å²) in [7, 11) is 0. The standard InChI is InChI=1S/C6H13NO.C2H6/c1-5-3-7-4-6(2)8-5;1-2/h5-7H,3-4H2,1-2H3;1-2H3/t5-,6+;. The maximum atomic E-state index is 5.42. The van der Waals surface area contributed by atoms with Crippen molar-refractivity contribution in [1.82, 2.24) is 5.32 Å². The monoisotopic (exact) mass is 145 g/mol. The van der Waals surface area contributed by atoms with Gasteiger partial charge in [-0.15, -0.1) is 0 Å². The Morgan fingerprint density at radius 3 is 1.70 bits per heavy atom. The molecule has 1 fully saturated rings. The van der Waals surface area contributed by atoms with Gasteiger partial charge in [-0.3, -0.25) is 0 Å². The fourth-order valence-corrected chi connectivity index (χ4v) is 0.983.